The molecular weight excluding hydrogens is 358 g/mol. The van der Waals surface area contributed by atoms with Crippen molar-refractivity contribution in [1.29, 1.82) is 0 Å². The number of nitrogens with one attached hydrogen (secondary N) is 2. The van der Waals surface area contributed by atoms with E-state index >= 15 is 0 Å². The largest absolute Gasteiger partial charge is 0.314 e. The van der Waals surface area contributed by atoms with Gasteiger partial charge in [-0.25, -0.2) is 0 Å². The van der Waals surface area contributed by atoms with Crippen molar-refractivity contribution in [3.63, 3.8) is 0 Å². The van der Waals surface area contributed by atoms with Crippen molar-refractivity contribution in [2.75, 3.05) is 26.2 Å². The van der Waals surface area contributed by atoms with Gasteiger partial charge in [-0.1, -0.05) is 23.7 Å². The zero-order valence-corrected chi connectivity index (χ0v) is 15.8. The van der Waals surface area contributed by atoms with Gasteiger partial charge in [0.25, 0.3) is 0 Å². The molecule has 2 aliphatic rings. The summed E-state index contributed by atoms with van der Waals surface area (Å²) in [6.45, 7) is 4.24. The van der Waals surface area contributed by atoms with Gasteiger partial charge in [0.1, 0.15) is 5.69 Å². The predicted octanol–water partition coefficient (Wildman–Crippen LogP) is 3.69. The van der Waals surface area contributed by atoms with E-state index in [0.717, 1.165) is 48.0 Å². The van der Waals surface area contributed by atoms with Crippen molar-refractivity contribution in [1.82, 2.24) is 25.4 Å². The van der Waals surface area contributed by atoms with Crippen molar-refractivity contribution >= 4 is 11.6 Å². The molecule has 27 heavy (non-hydrogen) atoms. The lowest BCUT2D eigenvalue weighted by molar-refractivity contribution is 0.151. The van der Waals surface area contributed by atoms with Crippen LogP contribution < -0.4 is 5.32 Å². The van der Waals surface area contributed by atoms with E-state index in [0.29, 0.717) is 0 Å². The first-order valence-corrected chi connectivity index (χ1v) is 9.87. The third-order valence-corrected chi connectivity index (χ3v) is 6.02. The quantitative estimate of drug-likeness (QED) is 0.726. The number of aromatic nitrogens is 3. The monoisotopic (exact) mass is 379 g/mol. The van der Waals surface area contributed by atoms with Gasteiger partial charge < -0.3 is 5.32 Å². The highest BCUT2D eigenvalue weighted by Gasteiger charge is 2.52. The Labute approximate surface area is 163 Å². The van der Waals surface area contributed by atoms with E-state index in [-0.39, 0.29) is 5.54 Å². The molecular formula is C21H22ClN5. The normalized spacial score (nSPS) is 19.1. The number of benzene rings is 1. The Bertz CT molecular complexity index is 925. The van der Waals surface area contributed by atoms with E-state index in [1.807, 2.05) is 36.7 Å². The van der Waals surface area contributed by atoms with Crippen molar-refractivity contribution < 1.29 is 0 Å². The summed E-state index contributed by atoms with van der Waals surface area (Å²) in [7, 11) is 0. The van der Waals surface area contributed by atoms with Gasteiger partial charge in [0.2, 0.25) is 0 Å². The Morgan fingerprint density at radius 3 is 2.30 bits per heavy atom. The molecule has 2 N–H and O–H groups in total. The Morgan fingerprint density at radius 1 is 0.926 bits per heavy atom. The van der Waals surface area contributed by atoms with Crippen LogP contribution in [0.3, 0.4) is 0 Å². The van der Waals surface area contributed by atoms with E-state index in [1.54, 1.807) is 0 Å². The number of nitrogens with zero attached hydrogens (tertiary/aromatic N) is 3. The summed E-state index contributed by atoms with van der Waals surface area (Å²) < 4.78 is 0. The number of pyridine rings is 1. The number of rotatable bonds is 4. The maximum absolute atomic E-state index is 6.10. The van der Waals surface area contributed by atoms with Crippen LogP contribution in [-0.2, 0) is 5.54 Å². The van der Waals surface area contributed by atoms with Crippen LogP contribution in [0.4, 0.5) is 0 Å². The van der Waals surface area contributed by atoms with Gasteiger partial charge in [-0.3, -0.25) is 15.0 Å². The molecule has 1 saturated heterocycles. The Kier molecular flexibility index (Phi) is 4.23. The molecule has 3 aromatic rings. The van der Waals surface area contributed by atoms with Crippen LogP contribution in [0, 0.1) is 0 Å². The molecule has 0 amide bonds. The second-order valence-electron chi connectivity index (χ2n) is 7.33. The summed E-state index contributed by atoms with van der Waals surface area (Å²) in [5, 5.41) is 12.4. The molecule has 5 rings (SSSR count). The van der Waals surface area contributed by atoms with Crippen LogP contribution in [-0.4, -0.2) is 46.3 Å². The second-order valence-corrected chi connectivity index (χ2v) is 7.77. The molecule has 6 heteroatoms. The van der Waals surface area contributed by atoms with E-state index in [2.05, 4.69) is 32.4 Å². The molecule has 138 valence electrons. The first-order chi connectivity index (χ1) is 13.3. The minimum atomic E-state index is 0.0817. The van der Waals surface area contributed by atoms with Crippen molar-refractivity contribution in [2.45, 2.75) is 18.4 Å². The first kappa shape index (κ1) is 16.9. The van der Waals surface area contributed by atoms with Crippen molar-refractivity contribution in [3.8, 4) is 22.4 Å². The maximum Gasteiger partial charge on any atom is 0.100 e. The molecule has 0 bridgehead atoms. The van der Waals surface area contributed by atoms with Crippen LogP contribution in [0.1, 0.15) is 18.5 Å². The van der Waals surface area contributed by atoms with Crippen LogP contribution in [0.25, 0.3) is 22.4 Å². The summed E-state index contributed by atoms with van der Waals surface area (Å²) in [6, 6.07) is 12.1. The highest BCUT2D eigenvalue weighted by atomic mass is 35.5. The first-order valence-electron chi connectivity index (χ1n) is 9.49. The fourth-order valence-electron chi connectivity index (χ4n) is 4.23. The van der Waals surface area contributed by atoms with Gasteiger partial charge in [0, 0.05) is 54.7 Å². The van der Waals surface area contributed by atoms with Gasteiger partial charge in [-0.05, 0) is 42.7 Å². The Morgan fingerprint density at radius 2 is 1.63 bits per heavy atom. The topological polar surface area (TPSA) is 56.8 Å². The fraction of sp³-hybridized carbons (Fsp3) is 0.333. The molecule has 2 fully saturated rings. The van der Waals surface area contributed by atoms with Crippen LogP contribution in [0.15, 0.2) is 48.8 Å². The van der Waals surface area contributed by atoms with Crippen LogP contribution in [0.5, 0.6) is 0 Å². The molecule has 2 aromatic heterocycles. The Balaban J connectivity index is 1.65. The summed E-state index contributed by atoms with van der Waals surface area (Å²) in [5.74, 6) is 0. The standard InChI is InChI=1S/C21H22ClN5/c22-17-3-1-16(2-4-17)19-18(15-5-9-23-10-6-15)20(26-25-19)21(7-8-21)27-13-11-24-12-14-27/h1-6,9-10,24H,7-8,11-14H2,(H,25,26). The zero-order chi connectivity index (χ0) is 18.3. The SMILES string of the molecule is Clc1ccc(-c2n[nH]c(C3(N4CCNCC4)CC3)c2-c2ccncc2)cc1. The predicted molar refractivity (Wildman–Crippen MR) is 108 cm³/mol. The number of H-pyrrole nitrogens is 1. The third kappa shape index (κ3) is 2.96. The number of halogens is 1. The van der Waals surface area contributed by atoms with E-state index < -0.39 is 0 Å². The smallest absolute Gasteiger partial charge is 0.100 e. The molecule has 5 nitrogen and oxygen atoms in total. The van der Waals surface area contributed by atoms with Crippen molar-refractivity contribution in [2.24, 2.45) is 0 Å². The highest BCUT2D eigenvalue weighted by molar-refractivity contribution is 6.30. The summed E-state index contributed by atoms with van der Waals surface area (Å²) in [6.07, 6.45) is 6.05. The highest BCUT2D eigenvalue weighted by Crippen LogP contribution is 2.54. The molecule has 0 unspecified atom stereocenters. The average Bonchev–Trinajstić information content (AvgIpc) is 3.42. The maximum atomic E-state index is 6.10. The van der Waals surface area contributed by atoms with Gasteiger partial charge in [-0.2, -0.15) is 5.10 Å². The average molecular weight is 380 g/mol. The Hall–Kier alpha value is -2.21. The summed E-state index contributed by atoms with van der Waals surface area (Å²) >= 11 is 6.10. The number of aromatic amines is 1. The lowest BCUT2D eigenvalue weighted by atomic mass is 9.94. The molecule has 3 heterocycles. The molecule has 1 saturated carbocycles. The van der Waals surface area contributed by atoms with Crippen LogP contribution >= 0.6 is 11.6 Å². The van der Waals surface area contributed by atoms with Crippen LogP contribution in [0.2, 0.25) is 5.02 Å². The molecule has 0 spiro atoms. The van der Waals surface area contributed by atoms with E-state index in [1.165, 1.54) is 24.1 Å². The third-order valence-electron chi connectivity index (χ3n) is 5.76. The zero-order valence-electron chi connectivity index (χ0n) is 15.1. The number of hydrogen-bond donors (Lipinski definition) is 2. The second kappa shape index (κ2) is 6.75. The fourth-order valence-corrected chi connectivity index (χ4v) is 4.36. The minimum absolute atomic E-state index is 0.0817. The minimum Gasteiger partial charge on any atom is -0.314 e. The lowest BCUT2D eigenvalue weighted by Gasteiger charge is -2.35. The van der Waals surface area contributed by atoms with Crippen molar-refractivity contribution in [3.05, 3.63) is 59.5 Å². The molecule has 1 aliphatic heterocycles. The van der Waals surface area contributed by atoms with E-state index in [9.17, 15) is 0 Å². The number of piperazine rings is 1. The lowest BCUT2D eigenvalue weighted by Crippen LogP contribution is -2.48. The molecule has 0 atom stereocenters. The van der Waals surface area contributed by atoms with Gasteiger partial charge in [0.15, 0.2) is 0 Å². The van der Waals surface area contributed by atoms with Gasteiger partial charge >= 0.3 is 0 Å². The summed E-state index contributed by atoms with van der Waals surface area (Å²) in [5.41, 5.74) is 5.72. The molecule has 1 aromatic carbocycles. The van der Waals surface area contributed by atoms with E-state index in [4.69, 9.17) is 16.7 Å². The summed E-state index contributed by atoms with van der Waals surface area (Å²) in [4.78, 5) is 6.82. The molecule has 1 aliphatic carbocycles. The van der Waals surface area contributed by atoms with Gasteiger partial charge in [-0.15, -0.1) is 0 Å². The van der Waals surface area contributed by atoms with Gasteiger partial charge in [0.05, 0.1) is 11.2 Å². The number of hydrogen-bond acceptors (Lipinski definition) is 4. The molecule has 0 radical (unpaired) electrons.